The number of hydrogen-bond acceptors (Lipinski definition) is 7. The Morgan fingerprint density at radius 2 is 1.96 bits per heavy atom. The largest absolute Gasteiger partial charge is 0.444 e. The van der Waals surface area contributed by atoms with Gasteiger partial charge in [0.25, 0.3) is 10.1 Å². The first kappa shape index (κ1) is 20.7. The molecule has 1 fully saturated rings. The number of nitrogens with zero attached hydrogens (tertiary/aromatic N) is 1. The van der Waals surface area contributed by atoms with Crippen LogP contribution in [-0.2, 0) is 23.8 Å². The Bertz CT molecular complexity index is 570. The van der Waals surface area contributed by atoms with Crippen LogP contribution in [0, 0.1) is 0 Å². The first-order valence-electron chi connectivity index (χ1n) is 7.60. The summed E-state index contributed by atoms with van der Waals surface area (Å²) in [6, 6.07) is -0.570. The molecule has 0 aromatic carbocycles. The van der Waals surface area contributed by atoms with Crippen molar-refractivity contribution < 1.29 is 32.0 Å². The fourth-order valence-electron chi connectivity index (χ4n) is 2.49. The number of amides is 2. The molecule has 140 valence electrons. The Morgan fingerprint density at radius 1 is 1.38 bits per heavy atom. The van der Waals surface area contributed by atoms with E-state index in [0.29, 0.717) is 0 Å². The molecule has 1 aliphatic rings. The average Bonchev–Trinajstić information content (AvgIpc) is 2.76. The molecule has 0 unspecified atom stereocenters. The highest BCUT2D eigenvalue weighted by Crippen LogP contribution is 2.27. The summed E-state index contributed by atoms with van der Waals surface area (Å²) in [6.07, 6.45) is -1.63. The molecule has 24 heavy (non-hydrogen) atoms. The normalized spacial score (nSPS) is 23.0. The minimum absolute atomic E-state index is 0.00706. The molecule has 9 nitrogen and oxygen atoms in total. The lowest BCUT2D eigenvalue weighted by Crippen LogP contribution is -2.43. The molecule has 1 rings (SSSR count). The number of likely N-dealkylation sites (N-methyl/N-ethyl adjacent to an activating group) is 1. The Labute approximate surface area is 142 Å². The topological polar surface area (TPSA) is 122 Å². The number of rotatable bonds is 5. The lowest BCUT2D eigenvalue weighted by atomic mass is 10.1. The molecule has 2 N–H and O–H groups in total. The zero-order chi connectivity index (χ0) is 18.7. The van der Waals surface area contributed by atoms with E-state index in [2.05, 4.69) is 5.32 Å². The number of aliphatic hydroxyl groups excluding tert-OH is 1. The molecule has 0 aliphatic carbocycles. The van der Waals surface area contributed by atoms with Gasteiger partial charge in [-0.15, -0.1) is 0 Å². The monoisotopic (exact) mass is 366 g/mol. The van der Waals surface area contributed by atoms with Crippen LogP contribution in [0.3, 0.4) is 0 Å². The van der Waals surface area contributed by atoms with Crippen LogP contribution in [-0.4, -0.2) is 74.1 Å². The van der Waals surface area contributed by atoms with Crippen molar-refractivity contribution >= 4 is 22.1 Å². The summed E-state index contributed by atoms with van der Waals surface area (Å²) in [5, 5.41) is 12.2. The highest BCUT2D eigenvalue weighted by Gasteiger charge is 2.40. The first-order chi connectivity index (χ1) is 10.8. The molecular formula is C14H26N2O7S. The van der Waals surface area contributed by atoms with Crippen LogP contribution in [0.25, 0.3) is 0 Å². The molecule has 0 aromatic heterocycles. The zero-order valence-corrected chi connectivity index (χ0v) is 15.4. The van der Waals surface area contributed by atoms with Gasteiger partial charge in [-0.1, -0.05) is 0 Å². The molecule has 0 saturated carbocycles. The summed E-state index contributed by atoms with van der Waals surface area (Å²) in [5.41, 5.74) is -0.725. The number of carbonyl (C=O) groups is 2. The summed E-state index contributed by atoms with van der Waals surface area (Å²) >= 11 is 0. The van der Waals surface area contributed by atoms with E-state index in [1.54, 1.807) is 20.8 Å². The molecule has 1 heterocycles. The van der Waals surface area contributed by atoms with Crippen LogP contribution in [0.2, 0.25) is 0 Å². The van der Waals surface area contributed by atoms with Gasteiger partial charge in [-0.05, 0) is 27.2 Å². The maximum atomic E-state index is 12.3. The highest BCUT2D eigenvalue weighted by atomic mass is 32.2. The molecule has 1 aliphatic heterocycles. The number of aliphatic hydroxyl groups is 1. The van der Waals surface area contributed by atoms with E-state index in [9.17, 15) is 23.1 Å². The maximum absolute atomic E-state index is 12.3. The smallest absolute Gasteiger partial charge is 0.410 e. The van der Waals surface area contributed by atoms with Crippen molar-refractivity contribution in [1.29, 1.82) is 0 Å². The maximum Gasteiger partial charge on any atom is 0.410 e. The van der Waals surface area contributed by atoms with Crippen molar-refractivity contribution in [2.24, 2.45) is 0 Å². The van der Waals surface area contributed by atoms with Crippen molar-refractivity contribution in [2.45, 2.75) is 57.5 Å². The van der Waals surface area contributed by atoms with E-state index in [1.807, 2.05) is 0 Å². The summed E-state index contributed by atoms with van der Waals surface area (Å²) in [5.74, 6) is -0.577. The molecule has 3 atom stereocenters. The predicted octanol–water partition coefficient (Wildman–Crippen LogP) is -0.162. The Morgan fingerprint density at radius 3 is 2.42 bits per heavy atom. The van der Waals surface area contributed by atoms with Crippen molar-refractivity contribution in [3.05, 3.63) is 0 Å². The van der Waals surface area contributed by atoms with Gasteiger partial charge in [-0.25, -0.2) is 4.79 Å². The quantitative estimate of drug-likeness (QED) is 0.648. The summed E-state index contributed by atoms with van der Waals surface area (Å²) in [7, 11) is -2.29. The number of carbonyl (C=O) groups excluding carboxylic acids is 2. The van der Waals surface area contributed by atoms with Crippen molar-refractivity contribution in [3.8, 4) is 0 Å². The van der Waals surface area contributed by atoms with Gasteiger partial charge in [0.05, 0.1) is 18.9 Å². The third kappa shape index (κ3) is 6.62. The van der Waals surface area contributed by atoms with Gasteiger partial charge in [0.1, 0.15) is 11.7 Å². The molecular weight excluding hydrogens is 340 g/mol. The van der Waals surface area contributed by atoms with Gasteiger partial charge in [-0.3, -0.25) is 8.98 Å². The second kappa shape index (κ2) is 7.66. The molecule has 0 bridgehead atoms. The predicted molar refractivity (Wildman–Crippen MR) is 85.8 cm³/mol. The van der Waals surface area contributed by atoms with Crippen molar-refractivity contribution in [2.75, 3.05) is 19.8 Å². The second-order valence-corrected chi connectivity index (χ2v) is 8.41. The minimum atomic E-state index is -3.69. The zero-order valence-electron chi connectivity index (χ0n) is 14.6. The summed E-state index contributed by atoms with van der Waals surface area (Å²) in [6.45, 7) is 5.13. The van der Waals surface area contributed by atoms with E-state index in [0.717, 1.165) is 6.26 Å². The van der Waals surface area contributed by atoms with E-state index >= 15 is 0 Å². The first-order valence-corrected chi connectivity index (χ1v) is 9.41. The van der Waals surface area contributed by atoms with Crippen LogP contribution in [0.4, 0.5) is 4.79 Å². The second-order valence-electron chi connectivity index (χ2n) is 6.81. The standard InChI is InChI=1S/C14H26N2O7S/c1-14(2,3)22-13(19)16-8-10(23-24(5,20)21)6-9(16)7-11(17)12(18)15-4/h9-11,17H,6-8H2,1-5H3,(H,15,18)/t9-,10-,11-/m1/s1. The Balaban J connectivity index is 2.88. The molecule has 1 saturated heterocycles. The van der Waals surface area contributed by atoms with Gasteiger partial charge in [-0.2, -0.15) is 8.42 Å². The van der Waals surface area contributed by atoms with Gasteiger partial charge in [0.15, 0.2) is 0 Å². The number of ether oxygens (including phenoxy) is 1. The minimum Gasteiger partial charge on any atom is -0.444 e. The van der Waals surface area contributed by atoms with Crippen LogP contribution >= 0.6 is 0 Å². The van der Waals surface area contributed by atoms with Gasteiger partial charge >= 0.3 is 6.09 Å². The summed E-state index contributed by atoms with van der Waals surface area (Å²) in [4.78, 5) is 25.1. The summed E-state index contributed by atoms with van der Waals surface area (Å²) < 4.78 is 32.9. The van der Waals surface area contributed by atoms with E-state index in [4.69, 9.17) is 8.92 Å². The van der Waals surface area contributed by atoms with E-state index in [-0.39, 0.29) is 19.4 Å². The van der Waals surface area contributed by atoms with Crippen LogP contribution in [0.5, 0.6) is 0 Å². The third-order valence-corrected chi connectivity index (χ3v) is 3.98. The number of likely N-dealkylation sites (tertiary alicyclic amines) is 1. The van der Waals surface area contributed by atoms with Gasteiger partial charge in [0.2, 0.25) is 5.91 Å². The average molecular weight is 366 g/mol. The molecule has 0 radical (unpaired) electrons. The fourth-order valence-corrected chi connectivity index (χ4v) is 3.12. The molecule has 0 aromatic rings. The van der Waals surface area contributed by atoms with Crippen LogP contribution in [0.15, 0.2) is 0 Å². The molecule has 2 amide bonds. The van der Waals surface area contributed by atoms with Crippen molar-refractivity contribution in [3.63, 3.8) is 0 Å². The number of nitrogens with one attached hydrogen (secondary N) is 1. The SMILES string of the molecule is CNC(=O)[C@H](O)C[C@H]1C[C@@H](OS(C)(=O)=O)CN1C(=O)OC(C)(C)C. The number of hydrogen-bond donors (Lipinski definition) is 2. The van der Waals surface area contributed by atoms with Crippen LogP contribution in [0.1, 0.15) is 33.6 Å². The van der Waals surface area contributed by atoms with E-state index < -0.39 is 46.0 Å². The highest BCUT2D eigenvalue weighted by molar-refractivity contribution is 7.86. The lowest BCUT2D eigenvalue weighted by molar-refractivity contribution is -0.129. The van der Waals surface area contributed by atoms with Crippen molar-refractivity contribution in [1.82, 2.24) is 10.2 Å². The Kier molecular flexibility index (Phi) is 6.59. The Hall–Kier alpha value is -1.39. The fraction of sp³-hybridized carbons (Fsp3) is 0.857. The van der Waals surface area contributed by atoms with Gasteiger partial charge < -0.3 is 20.1 Å². The van der Waals surface area contributed by atoms with Gasteiger partial charge in [0, 0.05) is 19.5 Å². The lowest BCUT2D eigenvalue weighted by Gasteiger charge is -2.29. The molecule has 10 heteroatoms. The third-order valence-electron chi connectivity index (χ3n) is 3.36. The molecule has 0 spiro atoms. The van der Waals surface area contributed by atoms with E-state index in [1.165, 1.54) is 11.9 Å². The van der Waals surface area contributed by atoms with Crippen LogP contribution < -0.4 is 5.32 Å².